The average molecular weight is 214 g/mol. The van der Waals surface area contributed by atoms with E-state index < -0.39 is 0 Å². The molecule has 2 radical (unpaired) electrons. The zero-order valence-electron chi connectivity index (χ0n) is 10.1. The summed E-state index contributed by atoms with van der Waals surface area (Å²) in [6.07, 6.45) is 7.15. The minimum atomic E-state index is 0.879. The Balaban J connectivity index is 2.13. The molecule has 0 atom stereocenters. The molecule has 0 fully saturated rings. The van der Waals surface area contributed by atoms with Crippen LogP contribution in [0.5, 0.6) is 0 Å². The first-order valence-corrected chi connectivity index (χ1v) is 6.60. The van der Waals surface area contributed by atoms with Crippen molar-refractivity contribution < 1.29 is 0 Å². The zero-order chi connectivity index (χ0) is 11.0. The molecule has 0 nitrogen and oxygen atoms in total. The number of hydrogen-bond acceptors (Lipinski definition) is 0. The molecule has 0 heterocycles. The largest absolute Gasteiger partial charge is 0.121 e. The number of hydrogen-bond donors (Lipinski definition) is 0. The molecule has 15 heavy (non-hydrogen) atoms. The van der Waals surface area contributed by atoms with Crippen LogP contribution >= 0.6 is 0 Å². The van der Waals surface area contributed by atoms with Crippen molar-refractivity contribution in [3.05, 3.63) is 44.8 Å². The number of rotatable bonds is 2. The van der Waals surface area contributed by atoms with Gasteiger partial charge in [-0.3, -0.25) is 0 Å². The Labute approximate surface area is 95.3 Å². The van der Waals surface area contributed by atoms with Gasteiger partial charge in [-0.25, -0.2) is 0 Å². The third-order valence-corrected chi connectivity index (χ3v) is 5.28. The van der Waals surface area contributed by atoms with E-state index in [1.807, 2.05) is 0 Å². The second kappa shape index (κ2) is 3.97. The van der Waals surface area contributed by atoms with Gasteiger partial charge in [0.25, 0.3) is 0 Å². The van der Waals surface area contributed by atoms with Crippen molar-refractivity contribution in [3.8, 4) is 0 Å². The van der Waals surface area contributed by atoms with Crippen molar-refractivity contribution in [1.82, 2.24) is 0 Å². The lowest BCUT2D eigenvalue weighted by Gasteiger charge is -2.07. The van der Waals surface area contributed by atoms with Crippen LogP contribution in [-0.2, 0) is 0 Å². The van der Waals surface area contributed by atoms with Crippen molar-refractivity contribution in [1.29, 1.82) is 0 Å². The van der Waals surface area contributed by atoms with Crippen LogP contribution in [-0.4, -0.2) is 9.52 Å². The van der Waals surface area contributed by atoms with Gasteiger partial charge in [-0.15, -0.1) is 0 Å². The first-order valence-electron chi connectivity index (χ1n) is 5.60. The highest BCUT2D eigenvalue weighted by molar-refractivity contribution is 6.57. The summed E-state index contributed by atoms with van der Waals surface area (Å²) < 4.78 is 0. The molecule has 0 unspecified atom stereocenters. The minimum Gasteiger partial charge on any atom is -0.0810 e. The van der Waals surface area contributed by atoms with Gasteiger partial charge in [0.2, 0.25) is 0 Å². The second-order valence-electron chi connectivity index (χ2n) is 4.58. The molecule has 0 aromatic carbocycles. The Bertz CT molecular complexity index is 377. The van der Waals surface area contributed by atoms with Crippen LogP contribution in [0, 0.1) is 0 Å². The fourth-order valence-electron chi connectivity index (χ4n) is 2.02. The highest BCUT2D eigenvalue weighted by Gasteiger charge is 2.17. The molecule has 0 amide bonds. The van der Waals surface area contributed by atoms with Crippen LogP contribution in [0.3, 0.4) is 0 Å². The van der Waals surface area contributed by atoms with Gasteiger partial charge in [0.1, 0.15) is 9.52 Å². The minimum absolute atomic E-state index is 0.879. The lowest BCUT2D eigenvalue weighted by atomic mass is 10.2. The molecular formula is C14H18Si. The highest BCUT2D eigenvalue weighted by atomic mass is 28.2. The Morgan fingerprint density at radius 3 is 1.47 bits per heavy atom. The van der Waals surface area contributed by atoms with E-state index in [1.54, 1.807) is 21.5 Å². The molecule has 0 aliphatic heterocycles. The molecule has 2 aliphatic carbocycles. The van der Waals surface area contributed by atoms with Crippen LogP contribution in [0.4, 0.5) is 0 Å². The topological polar surface area (TPSA) is 0 Å². The first kappa shape index (κ1) is 10.7. The van der Waals surface area contributed by atoms with Gasteiger partial charge < -0.3 is 0 Å². The fourth-order valence-corrected chi connectivity index (χ4v) is 3.52. The third kappa shape index (κ3) is 1.93. The SMILES string of the molecule is CC1=C(C)C([Si]C2=CCC(C)=C2C)=CC1. The lowest BCUT2D eigenvalue weighted by molar-refractivity contribution is 1.22. The van der Waals surface area contributed by atoms with Crippen LogP contribution < -0.4 is 0 Å². The van der Waals surface area contributed by atoms with Gasteiger partial charge in [-0.1, -0.05) is 44.8 Å². The van der Waals surface area contributed by atoms with Crippen LogP contribution in [0.2, 0.25) is 0 Å². The van der Waals surface area contributed by atoms with Crippen molar-refractivity contribution in [2.75, 3.05) is 0 Å². The van der Waals surface area contributed by atoms with E-state index in [4.69, 9.17) is 0 Å². The first-order chi connectivity index (χ1) is 7.09. The molecule has 0 saturated carbocycles. The van der Waals surface area contributed by atoms with Gasteiger partial charge in [0, 0.05) is 0 Å². The van der Waals surface area contributed by atoms with Crippen molar-refractivity contribution in [2.45, 2.75) is 40.5 Å². The summed E-state index contributed by atoms with van der Waals surface area (Å²) in [5, 5.41) is 3.15. The predicted molar refractivity (Wildman–Crippen MR) is 67.9 cm³/mol. The predicted octanol–water partition coefficient (Wildman–Crippen LogP) is 3.94. The van der Waals surface area contributed by atoms with E-state index in [1.165, 1.54) is 24.0 Å². The molecule has 0 saturated heterocycles. The van der Waals surface area contributed by atoms with E-state index in [-0.39, 0.29) is 0 Å². The molecule has 2 rings (SSSR count). The van der Waals surface area contributed by atoms with Gasteiger partial charge in [-0.05, 0) is 40.5 Å². The summed E-state index contributed by atoms with van der Waals surface area (Å²) in [7, 11) is 0.879. The molecule has 0 aromatic rings. The van der Waals surface area contributed by atoms with Crippen LogP contribution in [0.15, 0.2) is 44.8 Å². The monoisotopic (exact) mass is 214 g/mol. The van der Waals surface area contributed by atoms with Crippen LogP contribution in [0.1, 0.15) is 40.5 Å². The molecule has 0 aromatic heterocycles. The molecule has 78 valence electrons. The van der Waals surface area contributed by atoms with E-state index >= 15 is 0 Å². The Morgan fingerprint density at radius 2 is 1.20 bits per heavy atom. The van der Waals surface area contributed by atoms with E-state index in [0.29, 0.717) is 0 Å². The quantitative estimate of drug-likeness (QED) is 0.611. The fraction of sp³-hybridized carbons (Fsp3) is 0.429. The van der Waals surface area contributed by atoms with E-state index in [0.717, 1.165) is 9.52 Å². The maximum Gasteiger partial charge on any atom is 0.121 e. The standard InChI is InChI=1S/C14H18Si/c1-9-5-7-13(11(9)3)15-14-8-6-10(2)12(14)4/h7-8H,5-6H2,1-4H3. The average Bonchev–Trinajstić information content (AvgIpc) is 2.68. The van der Waals surface area contributed by atoms with Crippen molar-refractivity contribution in [3.63, 3.8) is 0 Å². The Kier molecular flexibility index (Phi) is 2.83. The van der Waals surface area contributed by atoms with Gasteiger partial charge in [0.05, 0.1) is 0 Å². The molecule has 0 spiro atoms. The summed E-state index contributed by atoms with van der Waals surface area (Å²) in [5.41, 5.74) is 6.17. The lowest BCUT2D eigenvalue weighted by Crippen LogP contribution is -2.01. The van der Waals surface area contributed by atoms with E-state index in [2.05, 4.69) is 39.8 Å². The molecule has 2 aliphatic rings. The summed E-state index contributed by atoms with van der Waals surface area (Å²) in [4.78, 5) is 0. The highest BCUT2D eigenvalue weighted by Crippen LogP contribution is 2.30. The van der Waals surface area contributed by atoms with Gasteiger partial charge in [-0.2, -0.15) is 0 Å². The van der Waals surface area contributed by atoms with Crippen molar-refractivity contribution in [2.24, 2.45) is 0 Å². The smallest absolute Gasteiger partial charge is 0.0810 e. The second-order valence-corrected chi connectivity index (χ2v) is 5.91. The summed E-state index contributed by atoms with van der Waals surface area (Å²) in [6, 6.07) is 0. The maximum absolute atomic E-state index is 2.41. The van der Waals surface area contributed by atoms with E-state index in [9.17, 15) is 0 Å². The molecule has 1 heteroatoms. The summed E-state index contributed by atoms with van der Waals surface area (Å²) in [6.45, 7) is 9.03. The van der Waals surface area contributed by atoms with Gasteiger partial charge >= 0.3 is 0 Å². The normalized spacial score (nSPS) is 21.3. The molecule has 0 N–H and O–H groups in total. The Morgan fingerprint density at radius 1 is 0.800 bits per heavy atom. The Hall–Kier alpha value is -0.823. The van der Waals surface area contributed by atoms with Crippen LogP contribution in [0.25, 0.3) is 0 Å². The molecular weight excluding hydrogens is 196 g/mol. The zero-order valence-corrected chi connectivity index (χ0v) is 11.1. The summed E-state index contributed by atoms with van der Waals surface area (Å²) >= 11 is 0. The maximum atomic E-state index is 2.41. The van der Waals surface area contributed by atoms with Gasteiger partial charge in [0.15, 0.2) is 0 Å². The number of allylic oxidation sites excluding steroid dienone is 8. The summed E-state index contributed by atoms with van der Waals surface area (Å²) in [5.74, 6) is 0. The third-order valence-electron chi connectivity index (χ3n) is 3.58. The molecule has 0 bridgehead atoms. The van der Waals surface area contributed by atoms with Crippen molar-refractivity contribution >= 4 is 9.52 Å².